The predicted molar refractivity (Wildman–Crippen MR) is 325 cm³/mol. The van der Waals surface area contributed by atoms with Crippen molar-refractivity contribution in [3.63, 3.8) is 0 Å². The Morgan fingerprint density at radius 2 is 0.829 bits per heavy atom. The van der Waals surface area contributed by atoms with Crippen LogP contribution in [0.5, 0.6) is 0 Å². The number of nitrogens with two attached hydrogens (primary N) is 1. The number of hydrogen-bond donors (Lipinski definition) is 1. The summed E-state index contributed by atoms with van der Waals surface area (Å²) in [4.78, 5) is 44.6. The molecule has 0 radical (unpaired) electrons. The molecule has 7 aromatic carbocycles. The second kappa shape index (κ2) is 25.0. The molecular weight excluding hydrogens is 1220 g/mol. The van der Waals surface area contributed by atoms with Crippen LogP contribution >= 0.6 is 73.9 Å². The molecule has 0 atom stereocenters. The van der Waals surface area contributed by atoms with Gasteiger partial charge in [-0.2, -0.15) is 5.10 Å². The monoisotopic (exact) mass is 1250 g/mol. The number of halogens is 9. The van der Waals surface area contributed by atoms with Gasteiger partial charge in [-0.15, -0.1) is 0 Å². The third-order valence-electron chi connectivity index (χ3n) is 12.5. The van der Waals surface area contributed by atoms with Crippen LogP contribution in [0.4, 0.5) is 19.0 Å². The summed E-state index contributed by atoms with van der Waals surface area (Å²) in [6.07, 6.45) is 1.40. The van der Waals surface area contributed by atoms with E-state index >= 15 is 0 Å². The van der Waals surface area contributed by atoms with E-state index in [0.29, 0.717) is 92.1 Å². The van der Waals surface area contributed by atoms with Crippen LogP contribution < -0.4 is 5.73 Å². The molecule has 0 aliphatic carbocycles. The van der Waals surface area contributed by atoms with Crippen LogP contribution in [0.1, 0.15) is 28.5 Å². The van der Waals surface area contributed by atoms with Gasteiger partial charge in [0.05, 0.1) is 99.6 Å². The Labute approximate surface area is 499 Å². The lowest BCUT2D eigenvalue weighted by Gasteiger charge is -2.11. The Balaban J connectivity index is 0.000000128. The second-order valence-corrected chi connectivity index (χ2v) is 20.6. The Bertz CT molecular complexity index is 4520. The zero-order valence-electron chi connectivity index (χ0n) is 43.2. The molecule has 6 aromatic heterocycles. The van der Waals surface area contributed by atoms with Gasteiger partial charge in [-0.1, -0.05) is 98.2 Å². The Morgan fingerprint density at radius 1 is 0.439 bits per heavy atom. The van der Waals surface area contributed by atoms with Crippen molar-refractivity contribution in [3.8, 4) is 33.8 Å². The number of nitrogens with zero attached hydrogens (tertiary/aromatic N) is 12. The third-order valence-corrected chi connectivity index (χ3v) is 14.6. The van der Waals surface area contributed by atoms with Gasteiger partial charge in [0.25, 0.3) is 0 Å². The predicted octanol–water partition coefficient (Wildman–Crippen LogP) is 16.8. The van der Waals surface area contributed by atoms with Gasteiger partial charge in [-0.25, -0.2) is 67.7 Å². The molecule has 22 heteroatoms. The van der Waals surface area contributed by atoms with E-state index in [-0.39, 0.29) is 24.0 Å². The number of benzene rings is 7. The molecule has 0 saturated carbocycles. The topological polar surface area (TPSA) is 173 Å². The number of anilines is 1. The fourth-order valence-electron chi connectivity index (χ4n) is 8.61. The van der Waals surface area contributed by atoms with Crippen molar-refractivity contribution in [1.82, 2.24) is 59.6 Å². The van der Waals surface area contributed by atoms with Gasteiger partial charge in [-0.05, 0) is 142 Å². The molecule has 408 valence electrons. The van der Waals surface area contributed by atoms with Gasteiger partial charge in [0.15, 0.2) is 10.8 Å². The Hall–Kier alpha value is -8.03. The number of rotatable bonds is 6. The number of fused-ring (bicyclic) bond motifs is 5. The van der Waals surface area contributed by atoms with Gasteiger partial charge in [-0.3, -0.25) is 0 Å². The van der Waals surface area contributed by atoms with Crippen LogP contribution in [-0.2, 0) is 11.9 Å². The van der Waals surface area contributed by atoms with Crippen LogP contribution in [0.25, 0.3) is 88.9 Å². The first-order valence-corrected chi connectivity index (χ1v) is 27.7. The van der Waals surface area contributed by atoms with E-state index in [9.17, 15) is 13.2 Å². The van der Waals surface area contributed by atoms with Gasteiger partial charge in [0, 0.05) is 22.0 Å². The van der Waals surface area contributed by atoms with E-state index in [1.807, 2.05) is 62.4 Å². The number of para-hydroxylation sites is 4. The molecule has 82 heavy (non-hydrogen) atoms. The first-order chi connectivity index (χ1) is 39.5. The molecule has 0 fully saturated rings. The molecule has 2 N–H and O–H groups in total. The smallest absolute Gasteiger partial charge is 0.163 e. The van der Waals surface area contributed by atoms with Crippen molar-refractivity contribution in [3.05, 3.63) is 223 Å². The van der Waals surface area contributed by atoms with E-state index < -0.39 is 0 Å². The molecule has 0 amide bonds. The fourth-order valence-corrected chi connectivity index (χ4v) is 9.98. The summed E-state index contributed by atoms with van der Waals surface area (Å²) >= 11 is 33.8. The standard InChI is InChI=1S/C21H15ClFN7.C15H9BrClFN2.C15H10ClFN2.C9H6Cl2N2/c1-11-17-20(24)25-10-26-21(17)30(29-11)9-16-18(12-5-7-13(23)8-6-12)27-15-4-2-3-14(22)19(15)28-16;16-8-13-14(9-4-6-10(18)7-5-9)19-12-3-1-2-11(17)15(12)20-13;1-9-14(10-5-7-11(17)8-6-10)19-13-4-2-3-12(16)15(13)18-9;1-5-9(11)13-7-4-2-3-6(10)8(7)12-5/h2-8,10H,9H2,1H3,(H2,24,25,26);1-7H,8H2;2-8H,1H3;2-4H,1H3. The minimum atomic E-state index is -0.321. The molecule has 0 aliphatic heterocycles. The summed E-state index contributed by atoms with van der Waals surface area (Å²) in [5.41, 5.74) is 20.2. The van der Waals surface area contributed by atoms with Crippen LogP contribution in [0.15, 0.2) is 152 Å². The molecule has 6 heterocycles. The molecular formula is C60H40BrCl5F3N13. The number of hydrogen-bond acceptors (Lipinski definition) is 12. The largest absolute Gasteiger partial charge is 0.383 e. The van der Waals surface area contributed by atoms with Crippen molar-refractivity contribution in [2.45, 2.75) is 32.6 Å². The van der Waals surface area contributed by atoms with Crippen LogP contribution in [0.2, 0.25) is 25.2 Å². The third kappa shape index (κ3) is 12.5. The summed E-state index contributed by atoms with van der Waals surface area (Å²) in [6.45, 7) is 5.80. The van der Waals surface area contributed by atoms with Crippen LogP contribution in [-0.4, -0.2) is 59.6 Å². The van der Waals surface area contributed by atoms with E-state index in [0.717, 1.165) is 61.7 Å². The molecule has 0 spiro atoms. The minimum absolute atomic E-state index is 0.266. The van der Waals surface area contributed by atoms with Crippen molar-refractivity contribution in [1.29, 1.82) is 0 Å². The maximum atomic E-state index is 13.5. The summed E-state index contributed by atoms with van der Waals surface area (Å²) in [6, 6.07) is 40.4. The molecule has 13 rings (SSSR count). The fraction of sp³-hybridized carbons (Fsp3) is 0.0833. The van der Waals surface area contributed by atoms with Crippen molar-refractivity contribution in [2.75, 3.05) is 5.73 Å². The maximum absolute atomic E-state index is 13.5. The quantitative estimate of drug-likeness (QED) is 0.156. The SMILES string of the molecule is Cc1nc2c(Cl)cccc2nc1-c1ccc(F)cc1.Cc1nc2c(Cl)cccc2nc1Cl.Cc1nn(Cc2nc3c(Cl)cccc3nc2-c2ccc(F)cc2)c2ncnc(N)c12.Fc1ccc(-c2nc3cccc(Cl)c3nc2CBr)cc1. The zero-order valence-corrected chi connectivity index (χ0v) is 48.6. The maximum Gasteiger partial charge on any atom is 0.163 e. The summed E-state index contributed by atoms with van der Waals surface area (Å²) in [5, 5.41) is 8.50. The van der Waals surface area contributed by atoms with Gasteiger partial charge >= 0.3 is 0 Å². The van der Waals surface area contributed by atoms with E-state index in [1.54, 1.807) is 72.3 Å². The number of nitrogen functional groups attached to an aromatic ring is 1. The normalized spacial score (nSPS) is 11.1. The molecule has 0 aliphatic rings. The van der Waals surface area contributed by atoms with Crippen molar-refractivity contribution in [2.24, 2.45) is 0 Å². The van der Waals surface area contributed by atoms with E-state index in [2.05, 4.69) is 60.9 Å². The van der Waals surface area contributed by atoms with Crippen LogP contribution in [0, 0.1) is 38.2 Å². The van der Waals surface area contributed by atoms with Gasteiger partial charge < -0.3 is 5.73 Å². The summed E-state index contributed by atoms with van der Waals surface area (Å²) < 4.78 is 41.2. The average molecular weight is 1260 g/mol. The van der Waals surface area contributed by atoms with Crippen molar-refractivity contribution < 1.29 is 13.2 Å². The summed E-state index contributed by atoms with van der Waals surface area (Å²) in [5.74, 6) is -0.489. The average Bonchev–Trinajstić information content (AvgIpc) is 3.54. The number of aromatic nitrogens is 12. The Kier molecular flexibility index (Phi) is 17.4. The molecule has 13 nitrogen and oxygen atoms in total. The first kappa shape index (κ1) is 57.2. The van der Waals surface area contributed by atoms with Gasteiger partial charge in [0.1, 0.15) is 51.7 Å². The highest BCUT2D eigenvalue weighted by Gasteiger charge is 2.19. The lowest BCUT2D eigenvalue weighted by atomic mass is 10.1. The lowest BCUT2D eigenvalue weighted by molar-refractivity contribution is 0.627. The molecule has 0 saturated heterocycles. The highest BCUT2D eigenvalue weighted by molar-refractivity contribution is 9.08. The van der Waals surface area contributed by atoms with E-state index in [4.69, 9.17) is 73.7 Å². The molecule has 13 aromatic rings. The minimum Gasteiger partial charge on any atom is -0.383 e. The van der Waals surface area contributed by atoms with E-state index in [1.165, 1.54) is 42.7 Å². The lowest BCUT2D eigenvalue weighted by Crippen LogP contribution is -2.08. The highest BCUT2D eigenvalue weighted by atomic mass is 79.9. The van der Waals surface area contributed by atoms with Crippen molar-refractivity contribution >= 4 is 135 Å². The zero-order chi connectivity index (χ0) is 57.8. The summed E-state index contributed by atoms with van der Waals surface area (Å²) in [7, 11) is 0. The highest BCUT2D eigenvalue weighted by Crippen LogP contribution is 2.32. The second-order valence-electron chi connectivity index (χ2n) is 18.1. The Morgan fingerprint density at radius 3 is 1.29 bits per heavy atom. The molecule has 0 bridgehead atoms. The van der Waals surface area contributed by atoms with Crippen LogP contribution in [0.3, 0.4) is 0 Å². The number of aryl methyl sites for hydroxylation is 3. The number of alkyl halides is 1. The molecule has 0 unspecified atom stereocenters. The first-order valence-electron chi connectivity index (χ1n) is 24.7. The van der Waals surface area contributed by atoms with Gasteiger partial charge in [0.2, 0.25) is 0 Å².